The zero-order chi connectivity index (χ0) is 16.7. The largest absolute Gasteiger partial charge is 0.383 e. The number of carbonyl (C=O) groups excluding carboxylic acids is 1. The maximum absolute atomic E-state index is 12.7. The summed E-state index contributed by atoms with van der Waals surface area (Å²) in [5, 5.41) is 11.1. The lowest BCUT2D eigenvalue weighted by molar-refractivity contribution is -0.385. The molecule has 23 heavy (non-hydrogen) atoms. The molecule has 1 aromatic heterocycles. The molecule has 0 atom stereocenters. The lowest BCUT2D eigenvalue weighted by Crippen LogP contribution is -2.33. The molecule has 0 saturated carbocycles. The first-order chi connectivity index (χ1) is 11.1. The van der Waals surface area contributed by atoms with Gasteiger partial charge in [-0.15, -0.1) is 0 Å². The van der Waals surface area contributed by atoms with Gasteiger partial charge in [0.25, 0.3) is 11.6 Å². The van der Waals surface area contributed by atoms with E-state index in [9.17, 15) is 14.9 Å². The van der Waals surface area contributed by atoms with Crippen LogP contribution in [0.2, 0.25) is 0 Å². The number of hydrogen-bond donors (Lipinski definition) is 0. The monoisotopic (exact) mass is 315 g/mol. The topological polar surface area (TPSA) is 85.6 Å². The van der Waals surface area contributed by atoms with Crippen LogP contribution in [0.25, 0.3) is 0 Å². The SMILES string of the molecule is COCCN(Cc1ccncc1)C(=O)c1ccccc1[N+](=O)[O-]. The second-order valence-corrected chi connectivity index (χ2v) is 4.85. The maximum Gasteiger partial charge on any atom is 0.282 e. The third-order valence-electron chi connectivity index (χ3n) is 3.31. The van der Waals surface area contributed by atoms with E-state index in [1.807, 2.05) is 0 Å². The molecule has 0 N–H and O–H groups in total. The number of nitrogens with zero attached hydrogens (tertiary/aromatic N) is 3. The lowest BCUT2D eigenvalue weighted by atomic mass is 10.1. The number of pyridine rings is 1. The normalized spacial score (nSPS) is 10.3. The number of carbonyl (C=O) groups is 1. The highest BCUT2D eigenvalue weighted by Gasteiger charge is 2.24. The van der Waals surface area contributed by atoms with Crippen molar-refractivity contribution in [2.45, 2.75) is 6.54 Å². The van der Waals surface area contributed by atoms with E-state index in [2.05, 4.69) is 4.98 Å². The van der Waals surface area contributed by atoms with Gasteiger partial charge >= 0.3 is 0 Å². The first-order valence-electron chi connectivity index (χ1n) is 7.04. The third kappa shape index (κ3) is 4.33. The van der Waals surface area contributed by atoms with Crippen LogP contribution in [0.5, 0.6) is 0 Å². The molecule has 7 nitrogen and oxygen atoms in total. The summed E-state index contributed by atoms with van der Waals surface area (Å²) in [5.41, 5.74) is 0.764. The Morgan fingerprint density at radius 2 is 1.96 bits per heavy atom. The van der Waals surface area contributed by atoms with Gasteiger partial charge in [0.15, 0.2) is 0 Å². The van der Waals surface area contributed by atoms with Gasteiger partial charge in [0.1, 0.15) is 5.56 Å². The molecule has 1 aromatic carbocycles. The summed E-state index contributed by atoms with van der Waals surface area (Å²) in [7, 11) is 1.54. The Morgan fingerprint density at radius 1 is 1.26 bits per heavy atom. The number of nitro benzene ring substituents is 1. The molecule has 2 aromatic rings. The zero-order valence-electron chi connectivity index (χ0n) is 12.7. The van der Waals surface area contributed by atoms with Gasteiger partial charge in [0, 0.05) is 38.7 Å². The minimum absolute atomic E-state index is 0.0719. The molecule has 0 radical (unpaired) electrons. The van der Waals surface area contributed by atoms with Gasteiger partial charge in [-0.25, -0.2) is 0 Å². The fourth-order valence-corrected chi connectivity index (χ4v) is 2.15. The molecular weight excluding hydrogens is 298 g/mol. The van der Waals surface area contributed by atoms with E-state index in [1.165, 1.54) is 23.1 Å². The van der Waals surface area contributed by atoms with Gasteiger partial charge in [0.2, 0.25) is 0 Å². The summed E-state index contributed by atoms with van der Waals surface area (Å²) in [4.78, 5) is 28.8. The van der Waals surface area contributed by atoms with E-state index < -0.39 is 10.8 Å². The summed E-state index contributed by atoms with van der Waals surface area (Å²) in [5.74, 6) is -0.397. The van der Waals surface area contributed by atoms with Crippen molar-refractivity contribution >= 4 is 11.6 Å². The van der Waals surface area contributed by atoms with Crippen LogP contribution in [-0.4, -0.2) is 41.0 Å². The van der Waals surface area contributed by atoms with Crippen LogP contribution in [0.4, 0.5) is 5.69 Å². The summed E-state index contributed by atoms with van der Waals surface area (Å²) in [6, 6.07) is 9.54. The fourth-order valence-electron chi connectivity index (χ4n) is 2.15. The fraction of sp³-hybridized carbons (Fsp3) is 0.250. The van der Waals surface area contributed by atoms with Crippen LogP contribution in [-0.2, 0) is 11.3 Å². The Labute approximate surface area is 133 Å². The zero-order valence-corrected chi connectivity index (χ0v) is 12.7. The number of nitro groups is 1. The van der Waals surface area contributed by atoms with Crippen LogP contribution in [0.15, 0.2) is 48.8 Å². The summed E-state index contributed by atoms with van der Waals surface area (Å²) < 4.78 is 5.03. The second-order valence-electron chi connectivity index (χ2n) is 4.85. The standard InChI is InChI=1S/C16H17N3O4/c1-23-11-10-18(12-13-6-8-17-9-7-13)16(20)14-4-2-3-5-15(14)19(21)22/h2-9H,10-12H2,1H3. The van der Waals surface area contributed by atoms with E-state index in [-0.39, 0.29) is 11.3 Å². The molecule has 0 aliphatic carbocycles. The average Bonchev–Trinajstić information content (AvgIpc) is 2.58. The molecule has 0 fully saturated rings. The van der Waals surface area contributed by atoms with Crippen molar-refractivity contribution in [3.63, 3.8) is 0 Å². The van der Waals surface area contributed by atoms with Crippen molar-refractivity contribution in [3.8, 4) is 0 Å². The highest BCUT2D eigenvalue weighted by Crippen LogP contribution is 2.20. The van der Waals surface area contributed by atoms with Crippen molar-refractivity contribution in [2.75, 3.05) is 20.3 Å². The molecule has 0 saturated heterocycles. The summed E-state index contributed by atoms with van der Waals surface area (Å²) in [6.07, 6.45) is 3.28. The smallest absolute Gasteiger partial charge is 0.282 e. The van der Waals surface area contributed by atoms with Crippen LogP contribution < -0.4 is 0 Å². The summed E-state index contributed by atoms with van der Waals surface area (Å²) in [6.45, 7) is 1.01. The minimum atomic E-state index is -0.547. The summed E-state index contributed by atoms with van der Waals surface area (Å²) >= 11 is 0. The Morgan fingerprint density at radius 3 is 2.61 bits per heavy atom. The third-order valence-corrected chi connectivity index (χ3v) is 3.31. The highest BCUT2D eigenvalue weighted by molar-refractivity contribution is 5.98. The van der Waals surface area contributed by atoms with Crippen LogP contribution in [0.1, 0.15) is 15.9 Å². The highest BCUT2D eigenvalue weighted by atomic mass is 16.6. The number of amides is 1. The van der Waals surface area contributed by atoms with E-state index in [0.717, 1.165) is 5.56 Å². The lowest BCUT2D eigenvalue weighted by Gasteiger charge is -2.22. The molecule has 1 heterocycles. The minimum Gasteiger partial charge on any atom is -0.383 e. The van der Waals surface area contributed by atoms with E-state index in [0.29, 0.717) is 19.7 Å². The van der Waals surface area contributed by atoms with Gasteiger partial charge in [0.05, 0.1) is 11.5 Å². The van der Waals surface area contributed by atoms with Gasteiger partial charge in [-0.1, -0.05) is 12.1 Å². The van der Waals surface area contributed by atoms with Crippen molar-refractivity contribution in [1.82, 2.24) is 9.88 Å². The van der Waals surface area contributed by atoms with Crippen LogP contribution in [0.3, 0.4) is 0 Å². The molecule has 0 aliphatic rings. The number of para-hydroxylation sites is 1. The molecule has 1 amide bonds. The van der Waals surface area contributed by atoms with Gasteiger partial charge in [-0.2, -0.15) is 0 Å². The number of benzene rings is 1. The van der Waals surface area contributed by atoms with Crippen LogP contribution in [0, 0.1) is 10.1 Å². The molecule has 0 aliphatic heterocycles. The van der Waals surface area contributed by atoms with Crippen molar-refractivity contribution in [3.05, 3.63) is 70.0 Å². The Kier molecular flexibility index (Phi) is 5.76. The maximum atomic E-state index is 12.7. The second kappa shape index (κ2) is 8.00. The average molecular weight is 315 g/mol. The number of rotatable bonds is 7. The molecule has 120 valence electrons. The first-order valence-corrected chi connectivity index (χ1v) is 7.04. The number of aromatic nitrogens is 1. The number of ether oxygens (including phenoxy) is 1. The number of hydrogen-bond acceptors (Lipinski definition) is 5. The molecular formula is C16H17N3O4. The van der Waals surface area contributed by atoms with E-state index >= 15 is 0 Å². The van der Waals surface area contributed by atoms with Crippen molar-refractivity contribution < 1.29 is 14.5 Å². The van der Waals surface area contributed by atoms with E-state index in [4.69, 9.17) is 4.74 Å². The first kappa shape index (κ1) is 16.6. The quantitative estimate of drug-likeness (QED) is 0.578. The van der Waals surface area contributed by atoms with Gasteiger partial charge < -0.3 is 9.64 Å². The van der Waals surface area contributed by atoms with Crippen molar-refractivity contribution in [1.29, 1.82) is 0 Å². The van der Waals surface area contributed by atoms with Gasteiger partial charge in [-0.05, 0) is 23.8 Å². The number of methoxy groups -OCH3 is 1. The Balaban J connectivity index is 2.28. The van der Waals surface area contributed by atoms with Crippen LogP contribution >= 0.6 is 0 Å². The predicted octanol–water partition coefficient (Wildman–Crippen LogP) is 2.28. The van der Waals surface area contributed by atoms with Crippen molar-refractivity contribution in [2.24, 2.45) is 0 Å². The molecule has 7 heteroatoms. The van der Waals surface area contributed by atoms with Gasteiger partial charge in [-0.3, -0.25) is 19.9 Å². The van der Waals surface area contributed by atoms with E-state index in [1.54, 1.807) is 37.7 Å². The predicted molar refractivity (Wildman–Crippen MR) is 83.9 cm³/mol. The Hall–Kier alpha value is -2.80. The molecule has 2 rings (SSSR count). The molecule has 0 bridgehead atoms. The molecule has 0 unspecified atom stereocenters. The Bertz CT molecular complexity index is 676. The molecule has 0 spiro atoms.